The number of thiophene rings is 1. The first-order valence-corrected chi connectivity index (χ1v) is 10.4. The summed E-state index contributed by atoms with van der Waals surface area (Å²) in [5.74, 6) is -0.231. The average Bonchev–Trinajstić information content (AvgIpc) is 3.32. The van der Waals surface area contributed by atoms with Crippen molar-refractivity contribution in [3.8, 4) is 0 Å². The zero-order valence-electron chi connectivity index (χ0n) is 15.5. The molecule has 3 N–H and O–H groups in total. The highest BCUT2D eigenvalue weighted by Crippen LogP contribution is 2.26. The number of carbonyl (C=O) groups excluding carboxylic acids is 2. The van der Waals surface area contributed by atoms with Crippen molar-refractivity contribution in [2.75, 3.05) is 42.6 Å². The number of hydrogen-bond donors (Lipinski definition) is 2. The number of carbonyl (C=O) groups is 2. The van der Waals surface area contributed by atoms with Gasteiger partial charge in [-0.25, -0.2) is 0 Å². The minimum Gasteiger partial charge on any atom is -0.370 e. The summed E-state index contributed by atoms with van der Waals surface area (Å²) in [5.41, 5.74) is 7.84. The van der Waals surface area contributed by atoms with E-state index in [1.165, 1.54) is 11.3 Å². The summed E-state index contributed by atoms with van der Waals surface area (Å²) < 4.78 is 11.5. The van der Waals surface area contributed by atoms with Crippen LogP contribution < -0.4 is 20.9 Å². The summed E-state index contributed by atoms with van der Waals surface area (Å²) >= 11 is 7.10. The van der Waals surface area contributed by atoms with Crippen molar-refractivity contribution in [1.29, 1.82) is 0 Å². The smallest absolute Gasteiger partial charge is 0.261 e. The number of nitrogens with one attached hydrogen (secondary N) is 1. The Bertz CT molecular complexity index is 891. The molecule has 2 aromatic rings. The number of rotatable bonds is 5. The van der Waals surface area contributed by atoms with Crippen LogP contribution in [0.3, 0.4) is 0 Å². The van der Waals surface area contributed by atoms with E-state index >= 15 is 0 Å². The third-order valence-electron chi connectivity index (χ3n) is 4.81. The van der Waals surface area contributed by atoms with E-state index in [1.807, 2.05) is 29.2 Å². The first-order chi connectivity index (χ1) is 14.0. The summed E-state index contributed by atoms with van der Waals surface area (Å²) in [6.45, 7) is 2.07. The Morgan fingerprint density at radius 3 is 2.69 bits per heavy atom. The highest BCUT2D eigenvalue weighted by atomic mass is 35.5. The molecule has 0 bridgehead atoms. The van der Waals surface area contributed by atoms with Gasteiger partial charge in [0.25, 0.3) is 11.8 Å². The molecular weight excluding hydrogens is 416 g/mol. The Labute approximate surface area is 177 Å². The van der Waals surface area contributed by atoms with Crippen LogP contribution in [0, 0.1) is 0 Å². The maximum Gasteiger partial charge on any atom is 0.261 e. The van der Waals surface area contributed by atoms with Crippen LogP contribution in [0.4, 0.5) is 11.4 Å². The van der Waals surface area contributed by atoms with Crippen LogP contribution >= 0.6 is 22.9 Å². The molecule has 0 spiro atoms. The average molecular weight is 437 g/mol. The molecule has 4 rings (SSSR count). The van der Waals surface area contributed by atoms with E-state index in [4.69, 9.17) is 26.8 Å². The van der Waals surface area contributed by atoms with Crippen LogP contribution in [0.15, 0.2) is 36.4 Å². The van der Waals surface area contributed by atoms with E-state index in [0.29, 0.717) is 35.5 Å². The number of nitrogens with zero attached hydrogens (tertiary/aromatic N) is 2. The molecule has 2 fully saturated rings. The second-order valence-electron chi connectivity index (χ2n) is 6.73. The van der Waals surface area contributed by atoms with Gasteiger partial charge in [0.1, 0.15) is 6.61 Å². The van der Waals surface area contributed by atoms with Gasteiger partial charge in [0.2, 0.25) is 0 Å². The van der Waals surface area contributed by atoms with Gasteiger partial charge in [-0.05, 0) is 36.4 Å². The van der Waals surface area contributed by atoms with E-state index in [2.05, 4.69) is 5.32 Å². The van der Waals surface area contributed by atoms with Crippen LogP contribution in [0.25, 0.3) is 0 Å². The van der Waals surface area contributed by atoms with Crippen molar-refractivity contribution in [3.63, 3.8) is 0 Å². The zero-order chi connectivity index (χ0) is 20.4. The summed E-state index contributed by atoms with van der Waals surface area (Å²) in [6.07, 6.45) is -0.839. The standard InChI is InChI=1S/C19H21ClN4O4S/c20-16-6-5-15(29-16)18(26)22-9-14-10-24(19(21)28-14)13-3-1-12(2-4-13)23-7-8-27-11-17(23)25/h1-6,14,19H,7-11,21H2,(H,22,26)/t14-,19?/m0/s1. The number of ether oxygens (including phenoxy) is 2. The summed E-state index contributed by atoms with van der Waals surface area (Å²) in [7, 11) is 0. The topological polar surface area (TPSA) is 97.1 Å². The molecule has 1 aromatic carbocycles. The van der Waals surface area contributed by atoms with E-state index in [9.17, 15) is 9.59 Å². The Balaban J connectivity index is 1.34. The number of anilines is 2. The quantitative estimate of drug-likeness (QED) is 0.739. The summed E-state index contributed by atoms with van der Waals surface area (Å²) in [4.78, 5) is 28.3. The molecule has 29 heavy (non-hydrogen) atoms. The first-order valence-electron chi connectivity index (χ1n) is 9.20. The third-order valence-corrected chi connectivity index (χ3v) is 6.04. The van der Waals surface area contributed by atoms with E-state index in [1.54, 1.807) is 17.0 Å². The molecular formula is C19H21ClN4O4S. The minimum absolute atomic E-state index is 0.0481. The van der Waals surface area contributed by atoms with Crippen LogP contribution in [-0.2, 0) is 14.3 Å². The highest BCUT2D eigenvalue weighted by molar-refractivity contribution is 7.17. The van der Waals surface area contributed by atoms with Crippen LogP contribution in [0.2, 0.25) is 4.34 Å². The van der Waals surface area contributed by atoms with E-state index in [0.717, 1.165) is 11.4 Å². The minimum atomic E-state index is -0.607. The number of amides is 2. The van der Waals surface area contributed by atoms with Gasteiger partial charge < -0.3 is 24.6 Å². The largest absolute Gasteiger partial charge is 0.370 e. The Morgan fingerprint density at radius 1 is 1.24 bits per heavy atom. The van der Waals surface area contributed by atoms with Crippen molar-refractivity contribution in [2.24, 2.45) is 5.73 Å². The lowest BCUT2D eigenvalue weighted by atomic mass is 10.2. The van der Waals surface area contributed by atoms with Gasteiger partial charge in [-0.2, -0.15) is 0 Å². The van der Waals surface area contributed by atoms with E-state index < -0.39 is 6.35 Å². The number of nitrogens with two attached hydrogens (primary N) is 1. The van der Waals surface area contributed by atoms with E-state index in [-0.39, 0.29) is 24.5 Å². The lowest BCUT2D eigenvalue weighted by Crippen LogP contribution is -2.41. The van der Waals surface area contributed by atoms with Gasteiger partial charge in [0, 0.05) is 31.0 Å². The molecule has 2 amide bonds. The molecule has 10 heteroatoms. The summed E-state index contributed by atoms with van der Waals surface area (Å²) in [5, 5.41) is 2.85. The predicted molar refractivity (Wildman–Crippen MR) is 111 cm³/mol. The van der Waals surface area contributed by atoms with Crippen molar-refractivity contribution in [1.82, 2.24) is 5.32 Å². The number of hydrogen-bond acceptors (Lipinski definition) is 7. The molecule has 2 aliphatic heterocycles. The fourth-order valence-corrected chi connectivity index (χ4v) is 4.31. The first kappa shape index (κ1) is 20.1. The summed E-state index contributed by atoms with van der Waals surface area (Å²) in [6, 6.07) is 11.0. The monoisotopic (exact) mass is 436 g/mol. The molecule has 8 nitrogen and oxygen atoms in total. The lowest BCUT2D eigenvalue weighted by Gasteiger charge is -2.28. The molecule has 1 unspecified atom stereocenters. The second-order valence-corrected chi connectivity index (χ2v) is 8.44. The Kier molecular flexibility index (Phi) is 6.02. The molecule has 2 saturated heterocycles. The molecule has 2 atom stereocenters. The molecule has 2 aliphatic rings. The zero-order valence-corrected chi connectivity index (χ0v) is 17.1. The normalized spacial score (nSPS) is 22.2. The third kappa shape index (κ3) is 4.54. The maximum absolute atomic E-state index is 12.2. The Morgan fingerprint density at radius 2 is 2.00 bits per heavy atom. The van der Waals surface area contributed by atoms with Gasteiger partial charge in [-0.3, -0.25) is 15.3 Å². The van der Waals surface area contributed by atoms with Crippen LogP contribution in [0.5, 0.6) is 0 Å². The molecule has 1 aromatic heterocycles. The number of halogens is 1. The van der Waals surface area contributed by atoms with Crippen molar-refractivity contribution >= 4 is 46.1 Å². The van der Waals surface area contributed by atoms with Crippen molar-refractivity contribution in [3.05, 3.63) is 45.6 Å². The molecule has 3 heterocycles. The number of morpholine rings is 1. The highest BCUT2D eigenvalue weighted by Gasteiger charge is 2.31. The fraction of sp³-hybridized carbons (Fsp3) is 0.368. The van der Waals surface area contributed by atoms with Gasteiger partial charge in [-0.15, -0.1) is 11.3 Å². The van der Waals surface area contributed by atoms with Gasteiger partial charge in [0.05, 0.1) is 21.9 Å². The second kappa shape index (κ2) is 8.68. The maximum atomic E-state index is 12.2. The molecule has 0 saturated carbocycles. The van der Waals surface area contributed by atoms with Gasteiger partial charge in [0.15, 0.2) is 6.35 Å². The molecule has 0 radical (unpaired) electrons. The predicted octanol–water partition coefficient (Wildman–Crippen LogP) is 1.64. The lowest BCUT2D eigenvalue weighted by molar-refractivity contribution is -0.125. The number of benzene rings is 1. The van der Waals surface area contributed by atoms with Gasteiger partial charge in [-0.1, -0.05) is 11.6 Å². The molecule has 154 valence electrons. The van der Waals surface area contributed by atoms with Gasteiger partial charge >= 0.3 is 0 Å². The fourth-order valence-electron chi connectivity index (χ4n) is 3.35. The van der Waals surface area contributed by atoms with Crippen molar-refractivity contribution < 1.29 is 19.1 Å². The Hall–Kier alpha value is -2.17. The van der Waals surface area contributed by atoms with Crippen LogP contribution in [0.1, 0.15) is 9.67 Å². The SMILES string of the molecule is NC1O[C@@H](CNC(=O)c2ccc(Cl)s2)CN1c1ccc(N2CCOCC2=O)cc1. The van der Waals surface area contributed by atoms with Crippen molar-refractivity contribution in [2.45, 2.75) is 12.5 Å². The van der Waals surface area contributed by atoms with Crippen LogP contribution in [-0.4, -0.2) is 57.1 Å². The molecule has 0 aliphatic carbocycles.